The fourth-order valence-electron chi connectivity index (χ4n) is 6.75. The summed E-state index contributed by atoms with van der Waals surface area (Å²) < 4.78 is 89.7. The van der Waals surface area contributed by atoms with Crippen LogP contribution in [-0.2, 0) is 62.4 Å². The maximum Gasteiger partial charge on any atom is 0.251 e. The normalized spacial score (nSPS) is 13.3. The zero-order valence-electron chi connectivity index (χ0n) is 41.7. The van der Waals surface area contributed by atoms with Crippen molar-refractivity contribution in [3.8, 4) is 0 Å². The van der Waals surface area contributed by atoms with E-state index in [-0.39, 0.29) is 114 Å². The second-order valence-corrected chi connectivity index (χ2v) is 19.9. The molecule has 5 amide bonds. The number of ketones is 1. The molecule has 3 aromatic carbocycles. The van der Waals surface area contributed by atoms with Gasteiger partial charge in [0.1, 0.15) is 0 Å². The molecule has 410 valence electrons. The van der Waals surface area contributed by atoms with Crippen LogP contribution in [0.1, 0.15) is 103 Å². The van der Waals surface area contributed by atoms with Crippen molar-refractivity contribution in [2.75, 3.05) is 86.5 Å². The van der Waals surface area contributed by atoms with Crippen LogP contribution in [0.15, 0.2) is 72.8 Å². The number of benzene rings is 3. The molecule has 8 N–H and O–H groups in total. The van der Waals surface area contributed by atoms with Crippen molar-refractivity contribution in [2.24, 2.45) is 10.8 Å². The predicted molar refractivity (Wildman–Crippen MR) is 276 cm³/mol. The summed E-state index contributed by atoms with van der Waals surface area (Å²) in [6, 6.07) is 17.9. The van der Waals surface area contributed by atoms with Gasteiger partial charge in [0.2, 0.25) is 17.7 Å². The summed E-state index contributed by atoms with van der Waals surface area (Å²) in [6.45, 7) is 7.96. The number of amides is 5. The van der Waals surface area contributed by atoms with E-state index in [0.29, 0.717) is 79.1 Å². The molecule has 0 aliphatic rings. The Morgan fingerprint density at radius 3 is 1.07 bits per heavy atom. The number of hydrogen-bond donors (Lipinski definition) is 8. The maximum atomic E-state index is 12.7. The van der Waals surface area contributed by atoms with Gasteiger partial charge in [0, 0.05) is 131 Å². The molecule has 0 fully saturated rings. The van der Waals surface area contributed by atoms with Gasteiger partial charge < -0.3 is 68.6 Å². The van der Waals surface area contributed by atoms with Gasteiger partial charge >= 0.3 is 0 Å². The zero-order valence-corrected chi connectivity index (χ0v) is 44.2. The van der Waals surface area contributed by atoms with Crippen LogP contribution < -0.4 is 40.8 Å². The van der Waals surface area contributed by atoms with Crippen LogP contribution in [0.3, 0.4) is 0 Å². The van der Waals surface area contributed by atoms with Crippen molar-refractivity contribution in [3.63, 3.8) is 0 Å². The first kappa shape index (κ1) is 62.6. The zero-order chi connectivity index (χ0) is 54.4. The van der Waals surface area contributed by atoms with Crippen LogP contribution >= 0.6 is 0 Å². The number of nitrogens with one attached hydrogen (secondary N) is 8. The molecule has 3 atom stereocenters. The Kier molecular flexibility index (Phi) is 28.7. The molecule has 3 aromatic rings. The Morgan fingerprint density at radius 1 is 0.432 bits per heavy atom. The Balaban J connectivity index is 1.44. The van der Waals surface area contributed by atoms with Gasteiger partial charge in [-0.3, -0.25) is 41.4 Å². The van der Waals surface area contributed by atoms with Crippen LogP contribution in [0.2, 0.25) is 0 Å². The third-order valence-corrected chi connectivity index (χ3v) is 12.5. The van der Waals surface area contributed by atoms with E-state index in [1.165, 1.54) is 60.7 Å². The summed E-state index contributed by atoms with van der Waals surface area (Å²) in [5.41, 5.74) is 0.800. The van der Waals surface area contributed by atoms with Gasteiger partial charge in [-0.25, -0.2) is 0 Å². The first-order valence-electron chi connectivity index (χ1n) is 23.8. The highest BCUT2D eigenvalue weighted by atomic mass is 32.2. The molecule has 0 saturated carbocycles. The van der Waals surface area contributed by atoms with Crippen LogP contribution in [0, 0.1) is 10.8 Å². The lowest BCUT2D eigenvalue weighted by Crippen LogP contribution is -2.48. The lowest BCUT2D eigenvalue weighted by atomic mass is 9.68. The first-order valence-corrected chi connectivity index (χ1v) is 27.0. The molecular weight excluding hydrogens is 1020 g/mol. The van der Waals surface area contributed by atoms with Crippen molar-refractivity contribution < 1.29 is 69.3 Å². The standard InChI is InChI=1S/C48H70N8O15S3/c1-47(2,3)48(32-69-29-21-42(58)49-24-5-4-8-41(57)35-9-15-38(16-10-35)54-72(63)64,33-70-30-22-43(59)50-25-6-27-52-45(61)36-11-17-39(18-12-36)55-73(65)66)34-71-31-23-44(60)51-26-7-28-53-46(62)37-13-19-40(20-14-37)56-74(67)68/h9-20,54-56H,4-8,21-34H2,1-3H3,(H,49,58)(H,50,59)(H,51,60)(H,52,61)(H,53,62)(H,63,64)(H,65,66)(H,67,68)/p-3. The fraction of sp³-hybridized carbons (Fsp3) is 0.500. The SMILES string of the molecule is CC(C)(C)C(COCCC(=O)NCCCCC(=O)c1ccc(NS(=O)[O-])cc1)(COCCC(=O)NCCCNC(=O)c1ccc(NS(=O)[O-])cc1)COCCC(=O)NCCCNC(=O)c1ccc(NS(=O)[O-])cc1. The highest BCUT2D eigenvalue weighted by Crippen LogP contribution is 2.40. The molecule has 0 saturated heterocycles. The molecule has 0 radical (unpaired) electrons. The average Bonchev–Trinajstić information content (AvgIpc) is 3.34. The molecule has 0 aliphatic carbocycles. The van der Waals surface area contributed by atoms with Crippen LogP contribution in [0.4, 0.5) is 17.1 Å². The van der Waals surface area contributed by atoms with E-state index >= 15 is 0 Å². The largest absolute Gasteiger partial charge is 0.755 e. The number of anilines is 3. The molecule has 23 nitrogen and oxygen atoms in total. The van der Waals surface area contributed by atoms with Gasteiger partial charge in [-0.2, -0.15) is 0 Å². The minimum absolute atomic E-state index is 0.0396. The number of rotatable bonds is 37. The summed E-state index contributed by atoms with van der Waals surface area (Å²) in [5, 5.41) is 13.9. The van der Waals surface area contributed by atoms with Crippen molar-refractivity contribution in [3.05, 3.63) is 89.5 Å². The Bertz CT molecular complexity index is 2080. The second-order valence-electron chi connectivity index (χ2n) is 17.8. The van der Waals surface area contributed by atoms with Gasteiger partial charge in [-0.15, -0.1) is 0 Å². The number of hydrogen-bond acceptors (Lipinski definition) is 15. The van der Waals surface area contributed by atoms with Gasteiger partial charge in [0.05, 0.1) is 39.6 Å². The van der Waals surface area contributed by atoms with Crippen LogP contribution in [-0.4, -0.2) is 134 Å². The van der Waals surface area contributed by atoms with Crippen molar-refractivity contribution in [1.29, 1.82) is 0 Å². The van der Waals surface area contributed by atoms with E-state index in [1.807, 2.05) is 20.8 Å². The van der Waals surface area contributed by atoms with Crippen molar-refractivity contribution in [2.45, 2.75) is 72.1 Å². The monoisotopic (exact) mass is 1090 g/mol. The molecule has 0 aliphatic heterocycles. The quantitative estimate of drug-likeness (QED) is 0.0234. The second kappa shape index (κ2) is 34.0. The fourth-order valence-corrected chi connectivity index (χ4v) is 7.74. The third-order valence-electron chi connectivity index (χ3n) is 11.3. The summed E-state index contributed by atoms with van der Waals surface area (Å²) >= 11 is -7.43. The maximum absolute atomic E-state index is 12.7. The molecule has 0 aromatic heterocycles. The van der Waals surface area contributed by atoms with E-state index in [0.717, 1.165) is 0 Å². The van der Waals surface area contributed by atoms with Gasteiger partial charge in [-0.1, -0.05) is 20.8 Å². The molecule has 3 unspecified atom stereocenters. The van der Waals surface area contributed by atoms with Gasteiger partial charge in [-0.05, 0) is 104 Å². The van der Waals surface area contributed by atoms with Crippen LogP contribution in [0.5, 0.6) is 0 Å². The summed E-state index contributed by atoms with van der Waals surface area (Å²) in [5.74, 6) is -1.59. The number of Topliss-reactive ketones (excluding diaryl/α,β-unsaturated/α-hetero) is 1. The van der Waals surface area contributed by atoms with E-state index in [4.69, 9.17) is 14.2 Å². The smallest absolute Gasteiger partial charge is 0.251 e. The lowest BCUT2D eigenvalue weighted by molar-refractivity contribution is -0.134. The van der Waals surface area contributed by atoms with Crippen molar-refractivity contribution in [1.82, 2.24) is 26.6 Å². The van der Waals surface area contributed by atoms with E-state index in [9.17, 15) is 55.1 Å². The summed E-state index contributed by atoms with van der Waals surface area (Å²) in [4.78, 5) is 75.5. The summed E-state index contributed by atoms with van der Waals surface area (Å²) in [6.07, 6.45) is 2.37. The molecule has 26 heteroatoms. The predicted octanol–water partition coefficient (Wildman–Crippen LogP) is 2.90. The Labute approximate surface area is 439 Å². The van der Waals surface area contributed by atoms with E-state index in [2.05, 4.69) is 40.8 Å². The highest BCUT2D eigenvalue weighted by Gasteiger charge is 2.43. The number of ether oxygens (including phenoxy) is 3. The Morgan fingerprint density at radius 2 is 0.743 bits per heavy atom. The minimum Gasteiger partial charge on any atom is -0.755 e. The number of carbonyl (C=O) groups is 6. The highest BCUT2D eigenvalue weighted by molar-refractivity contribution is 7.81. The minimum atomic E-state index is -2.48. The molecule has 74 heavy (non-hydrogen) atoms. The molecule has 0 bridgehead atoms. The molecule has 0 heterocycles. The molecule has 3 rings (SSSR count). The Hall–Kier alpha value is -5.71. The van der Waals surface area contributed by atoms with Crippen molar-refractivity contribution >= 4 is 86.2 Å². The van der Waals surface area contributed by atoms with E-state index < -0.39 is 44.6 Å². The van der Waals surface area contributed by atoms with Gasteiger partial charge in [0.25, 0.3) is 11.8 Å². The first-order chi connectivity index (χ1) is 35.3. The number of unbranched alkanes of at least 4 members (excludes halogenated alkanes) is 1. The lowest BCUT2D eigenvalue weighted by Gasteiger charge is -2.44. The van der Waals surface area contributed by atoms with E-state index in [1.54, 1.807) is 12.1 Å². The molecular formula is C48H67N8O15S3-3. The average molecular weight is 1090 g/mol. The van der Waals surface area contributed by atoms with Gasteiger partial charge in [0.15, 0.2) is 5.78 Å². The topological polar surface area (TPSA) is 347 Å². The molecule has 0 spiro atoms. The number of carbonyl (C=O) groups excluding carboxylic acids is 6. The summed E-state index contributed by atoms with van der Waals surface area (Å²) in [7, 11) is 0. The van der Waals surface area contributed by atoms with Crippen LogP contribution in [0.25, 0.3) is 0 Å². The third kappa shape index (κ3) is 25.5.